The summed E-state index contributed by atoms with van der Waals surface area (Å²) in [5.74, 6) is -1.21. The third-order valence-electron chi connectivity index (χ3n) is 1.98. The van der Waals surface area contributed by atoms with Crippen molar-refractivity contribution in [1.82, 2.24) is 0 Å². The Kier molecular flexibility index (Phi) is 4.05. The van der Waals surface area contributed by atoms with Gasteiger partial charge in [-0.1, -0.05) is 42.0 Å². The highest BCUT2D eigenvalue weighted by Crippen LogP contribution is 2.05. The zero-order valence-electron chi connectivity index (χ0n) is 8.84. The first kappa shape index (κ1) is 11.7. The second kappa shape index (κ2) is 5.52. The van der Waals surface area contributed by atoms with E-state index in [2.05, 4.69) is 0 Å². The Morgan fingerprint density at radius 2 is 2.00 bits per heavy atom. The fourth-order valence-corrected chi connectivity index (χ4v) is 1.09. The number of rotatable bonds is 3. The molecule has 16 heavy (non-hydrogen) atoms. The van der Waals surface area contributed by atoms with Crippen molar-refractivity contribution in [3.05, 3.63) is 53.1 Å². The molecule has 0 aromatic heterocycles. The minimum Gasteiger partial charge on any atom is -0.477 e. The standard InChI is InChI=1S/C13H11NO2/c1-10-5-7-11(8-6-10)3-2-4-12(9-14)13(15)16/h2-8H,1H3,(H,15,16)/b3-2+,12-4+. The molecule has 0 aliphatic rings. The van der Waals surface area contributed by atoms with Gasteiger partial charge in [0.15, 0.2) is 0 Å². The van der Waals surface area contributed by atoms with Crippen LogP contribution in [0.5, 0.6) is 0 Å². The van der Waals surface area contributed by atoms with Gasteiger partial charge in [-0.05, 0) is 18.6 Å². The van der Waals surface area contributed by atoms with Crippen molar-refractivity contribution < 1.29 is 9.90 Å². The Morgan fingerprint density at radius 1 is 1.38 bits per heavy atom. The molecule has 1 N–H and O–H groups in total. The van der Waals surface area contributed by atoms with Crippen LogP contribution in [0.25, 0.3) is 6.08 Å². The average molecular weight is 213 g/mol. The minimum absolute atomic E-state index is 0.275. The number of aliphatic carboxylic acids is 1. The number of nitriles is 1. The van der Waals surface area contributed by atoms with Crippen LogP contribution in [0.3, 0.4) is 0 Å². The van der Waals surface area contributed by atoms with Gasteiger partial charge >= 0.3 is 5.97 Å². The molecule has 0 saturated carbocycles. The molecular weight excluding hydrogens is 202 g/mol. The van der Waals surface area contributed by atoms with Crippen molar-refractivity contribution in [3.8, 4) is 6.07 Å². The molecule has 0 heterocycles. The van der Waals surface area contributed by atoms with Crippen LogP contribution in [-0.2, 0) is 4.79 Å². The van der Waals surface area contributed by atoms with Crippen LogP contribution in [0.2, 0.25) is 0 Å². The summed E-state index contributed by atoms with van der Waals surface area (Å²) >= 11 is 0. The number of hydrogen-bond donors (Lipinski definition) is 1. The first-order chi connectivity index (χ1) is 7.63. The van der Waals surface area contributed by atoms with E-state index in [-0.39, 0.29) is 5.57 Å². The van der Waals surface area contributed by atoms with Crippen LogP contribution in [0.1, 0.15) is 11.1 Å². The lowest BCUT2D eigenvalue weighted by Gasteiger charge is -1.93. The summed E-state index contributed by atoms with van der Waals surface area (Å²) in [6.45, 7) is 1.99. The van der Waals surface area contributed by atoms with E-state index < -0.39 is 5.97 Å². The van der Waals surface area contributed by atoms with E-state index >= 15 is 0 Å². The topological polar surface area (TPSA) is 61.1 Å². The molecule has 1 rings (SSSR count). The Labute approximate surface area is 94.0 Å². The number of aryl methyl sites for hydroxylation is 1. The highest BCUT2D eigenvalue weighted by Gasteiger charge is 2.02. The zero-order valence-corrected chi connectivity index (χ0v) is 8.84. The second-order valence-corrected chi connectivity index (χ2v) is 3.27. The summed E-state index contributed by atoms with van der Waals surface area (Å²) in [5.41, 5.74) is 1.85. The number of nitrogens with zero attached hydrogens (tertiary/aromatic N) is 1. The van der Waals surface area contributed by atoms with Gasteiger partial charge in [-0.15, -0.1) is 0 Å². The lowest BCUT2D eigenvalue weighted by Crippen LogP contribution is -1.96. The zero-order chi connectivity index (χ0) is 12.0. The van der Waals surface area contributed by atoms with Crippen molar-refractivity contribution >= 4 is 12.0 Å². The largest absolute Gasteiger partial charge is 0.477 e. The first-order valence-corrected chi connectivity index (χ1v) is 4.72. The Bertz CT molecular complexity index is 476. The molecule has 0 aliphatic carbocycles. The van der Waals surface area contributed by atoms with Gasteiger partial charge in [0.1, 0.15) is 11.6 Å². The fourth-order valence-electron chi connectivity index (χ4n) is 1.09. The van der Waals surface area contributed by atoms with Crippen molar-refractivity contribution in [3.63, 3.8) is 0 Å². The van der Waals surface area contributed by atoms with Crippen molar-refractivity contribution in [1.29, 1.82) is 5.26 Å². The van der Waals surface area contributed by atoms with Crippen LogP contribution in [-0.4, -0.2) is 11.1 Å². The predicted octanol–water partition coefficient (Wildman–Crippen LogP) is 2.54. The number of carbonyl (C=O) groups is 1. The molecule has 0 fully saturated rings. The second-order valence-electron chi connectivity index (χ2n) is 3.27. The maximum absolute atomic E-state index is 10.5. The van der Waals surface area contributed by atoms with Crippen LogP contribution in [0, 0.1) is 18.3 Å². The summed E-state index contributed by atoms with van der Waals surface area (Å²) in [6.07, 6.45) is 4.58. The number of carboxylic acids is 1. The van der Waals surface area contributed by atoms with Crippen LogP contribution in [0.15, 0.2) is 42.0 Å². The van der Waals surface area contributed by atoms with E-state index in [0.717, 1.165) is 11.1 Å². The van der Waals surface area contributed by atoms with E-state index in [0.29, 0.717) is 0 Å². The van der Waals surface area contributed by atoms with E-state index in [1.165, 1.54) is 6.08 Å². The summed E-state index contributed by atoms with van der Waals surface area (Å²) in [4.78, 5) is 10.5. The average Bonchev–Trinajstić information content (AvgIpc) is 2.26. The van der Waals surface area contributed by atoms with Crippen LogP contribution in [0.4, 0.5) is 0 Å². The molecule has 3 nitrogen and oxygen atoms in total. The number of hydrogen-bond acceptors (Lipinski definition) is 2. The monoisotopic (exact) mass is 213 g/mol. The Morgan fingerprint density at radius 3 is 2.50 bits per heavy atom. The molecule has 0 aliphatic heterocycles. The van der Waals surface area contributed by atoms with E-state index in [1.807, 2.05) is 31.2 Å². The van der Waals surface area contributed by atoms with Crippen LogP contribution >= 0.6 is 0 Å². The molecule has 1 aromatic rings. The van der Waals surface area contributed by atoms with Gasteiger partial charge in [0.25, 0.3) is 0 Å². The summed E-state index contributed by atoms with van der Waals surface area (Å²) in [5, 5.41) is 17.1. The molecule has 0 saturated heterocycles. The van der Waals surface area contributed by atoms with Crippen molar-refractivity contribution in [2.75, 3.05) is 0 Å². The third kappa shape index (κ3) is 3.43. The van der Waals surface area contributed by atoms with Gasteiger partial charge in [-0.25, -0.2) is 4.79 Å². The van der Waals surface area contributed by atoms with E-state index in [4.69, 9.17) is 10.4 Å². The van der Waals surface area contributed by atoms with E-state index in [9.17, 15) is 4.79 Å². The molecule has 1 aromatic carbocycles. The van der Waals surface area contributed by atoms with Gasteiger partial charge in [-0.3, -0.25) is 0 Å². The quantitative estimate of drug-likeness (QED) is 0.476. The summed E-state index contributed by atoms with van der Waals surface area (Å²) in [6, 6.07) is 9.38. The maximum Gasteiger partial charge on any atom is 0.346 e. The van der Waals surface area contributed by atoms with Crippen LogP contribution < -0.4 is 0 Å². The lowest BCUT2D eigenvalue weighted by molar-refractivity contribution is -0.132. The molecular formula is C13H11NO2. The summed E-state index contributed by atoms with van der Waals surface area (Å²) in [7, 11) is 0. The van der Waals surface area contributed by atoms with Gasteiger partial charge in [0.2, 0.25) is 0 Å². The first-order valence-electron chi connectivity index (χ1n) is 4.72. The van der Waals surface area contributed by atoms with Gasteiger partial charge in [0.05, 0.1) is 0 Å². The molecule has 0 atom stereocenters. The Balaban J connectivity index is 2.79. The van der Waals surface area contributed by atoms with Gasteiger partial charge < -0.3 is 5.11 Å². The highest BCUT2D eigenvalue weighted by atomic mass is 16.4. The number of benzene rings is 1. The molecule has 0 bridgehead atoms. The predicted molar refractivity (Wildman–Crippen MR) is 61.5 cm³/mol. The third-order valence-corrected chi connectivity index (χ3v) is 1.98. The molecule has 0 unspecified atom stereocenters. The molecule has 0 radical (unpaired) electrons. The SMILES string of the molecule is Cc1ccc(/C=C/C=C(\C#N)C(=O)O)cc1. The Hall–Kier alpha value is -2.34. The maximum atomic E-state index is 10.5. The molecule has 0 amide bonds. The lowest BCUT2D eigenvalue weighted by atomic mass is 10.1. The van der Waals surface area contributed by atoms with E-state index in [1.54, 1.807) is 18.2 Å². The van der Waals surface area contributed by atoms with Crippen molar-refractivity contribution in [2.24, 2.45) is 0 Å². The smallest absolute Gasteiger partial charge is 0.346 e. The van der Waals surface area contributed by atoms with Gasteiger partial charge in [0, 0.05) is 0 Å². The highest BCUT2D eigenvalue weighted by molar-refractivity contribution is 5.91. The normalized spacial score (nSPS) is 11.4. The molecule has 80 valence electrons. The molecule has 0 spiro atoms. The number of carboxylic acid groups (broad SMARTS) is 1. The summed E-state index contributed by atoms with van der Waals surface area (Å²) < 4.78 is 0. The van der Waals surface area contributed by atoms with Gasteiger partial charge in [-0.2, -0.15) is 5.26 Å². The fraction of sp³-hybridized carbons (Fsp3) is 0.0769. The molecule has 3 heteroatoms. The number of allylic oxidation sites excluding steroid dienone is 2. The minimum atomic E-state index is -1.21. The van der Waals surface area contributed by atoms with Crippen molar-refractivity contribution in [2.45, 2.75) is 6.92 Å².